The fourth-order valence-electron chi connectivity index (χ4n) is 6.59. The van der Waals surface area contributed by atoms with Gasteiger partial charge in [-0.25, -0.2) is 4.39 Å². The number of likely N-dealkylation sites (N-methyl/N-ethyl adjacent to an activating group) is 1. The smallest absolute Gasteiger partial charge is 0.306 e. The Balaban J connectivity index is 1.24. The number of fused-ring (bicyclic) bond motifs is 2. The molecule has 7 heteroatoms. The molecule has 0 amide bonds. The molecule has 2 aliphatic carbocycles. The lowest BCUT2D eigenvalue weighted by atomic mass is 9.78. The van der Waals surface area contributed by atoms with E-state index in [1.54, 1.807) is 12.1 Å². The topological polar surface area (TPSA) is 68.2 Å². The summed E-state index contributed by atoms with van der Waals surface area (Å²) < 4.78 is 14.5. The summed E-state index contributed by atoms with van der Waals surface area (Å²) in [5, 5.41) is 14.1. The zero-order valence-corrected chi connectivity index (χ0v) is 20.9. The number of rotatable bonds is 4. The summed E-state index contributed by atoms with van der Waals surface area (Å²) >= 11 is 0. The molecule has 3 aliphatic heterocycles. The summed E-state index contributed by atoms with van der Waals surface area (Å²) in [4.78, 5) is 16.1. The van der Waals surface area contributed by atoms with Gasteiger partial charge in [0.2, 0.25) is 0 Å². The number of hydrogen-bond donors (Lipinski definition) is 2. The van der Waals surface area contributed by atoms with E-state index in [4.69, 9.17) is 5.10 Å². The van der Waals surface area contributed by atoms with Gasteiger partial charge in [0.25, 0.3) is 0 Å². The summed E-state index contributed by atoms with van der Waals surface area (Å²) in [6.07, 6.45) is 13.4. The second-order valence-electron chi connectivity index (χ2n) is 10.8. The van der Waals surface area contributed by atoms with Gasteiger partial charge >= 0.3 is 5.97 Å². The minimum Gasteiger partial charge on any atom is -0.481 e. The zero-order valence-electron chi connectivity index (χ0n) is 20.9. The van der Waals surface area contributed by atoms with Crippen LogP contribution >= 0.6 is 0 Å². The average molecular weight is 489 g/mol. The number of benzene rings is 1. The van der Waals surface area contributed by atoms with Crippen molar-refractivity contribution in [3.63, 3.8) is 0 Å². The van der Waals surface area contributed by atoms with Crippen molar-refractivity contribution in [3.8, 4) is 0 Å². The number of hydrogen-bond acceptors (Lipinski definition) is 5. The number of carbonyl (C=O) groups is 1. The van der Waals surface area contributed by atoms with Crippen LogP contribution in [0.4, 0.5) is 4.39 Å². The van der Waals surface area contributed by atoms with Crippen LogP contribution in [-0.4, -0.2) is 59.3 Å². The first kappa shape index (κ1) is 23.2. The maximum Gasteiger partial charge on any atom is 0.306 e. The number of nitrogens with zero attached hydrogens (tertiary/aromatic N) is 3. The number of halogens is 1. The van der Waals surface area contributed by atoms with Gasteiger partial charge in [-0.1, -0.05) is 19.1 Å². The lowest BCUT2D eigenvalue weighted by Crippen LogP contribution is -2.42. The van der Waals surface area contributed by atoms with E-state index in [0.717, 1.165) is 85.4 Å². The highest BCUT2D eigenvalue weighted by Crippen LogP contribution is 2.40. The van der Waals surface area contributed by atoms with Crippen LogP contribution in [0.1, 0.15) is 55.7 Å². The normalized spacial score (nSPS) is 26.3. The Morgan fingerprint density at radius 3 is 2.75 bits per heavy atom. The SMILES string of the molecule is CC(C(=O)O)[C@H]1CC[C@@H](N2CC=C(C3=C4NN=C5C=Cc6cc(F)cc(c65)C4=CN(C)C3)CC2)CC1. The summed E-state index contributed by atoms with van der Waals surface area (Å²) in [6.45, 7) is 4.55. The molecular weight excluding hydrogens is 455 g/mol. The highest BCUT2D eigenvalue weighted by Gasteiger charge is 2.34. The second-order valence-corrected chi connectivity index (χ2v) is 10.8. The zero-order chi connectivity index (χ0) is 25.0. The molecule has 188 valence electrons. The molecule has 0 spiro atoms. The highest BCUT2D eigenvalue weighted by atomic mass is 19.1. The Bertz CT molecular complexity index is 1270. The Labute approximate surface area is 211 Å². The molecule has 6 nitrogen and oxygen atoms in total. The molecule has 5 aliphatic rings. The number of carboxylic acid groups (broad SMARTS) is 1. The first-order chi connectivity index (χ1) is 17.4. The van der Waals surface area contributed by atoms with Crippen LogP contribution in [-0.2, 0) is 4.79 Å². The quantitative estimate of drug-likeness (QED) is 0.648. The molecule has 0 radical (unpaired) electrons. The maximum absolute atomic E-state index is 14.5. The van der Waals surface area contributed by atoms with Crippen molar-refractivity contribution in [1.82, 2.24) is 15.2 Å². The summed E-state index contributed by atoms with van der Waals surface area (Å²) in [5.41, 5.74) is 11.5. The van der Waals surface area contributed by atoms with Gasteiger partial charge in [0.15, 0.2) is 0 Å². The lowest BCUT2D eigenvalue weighted by molar-refractivity contribution is -0.143. The molecule has 1 aromatic carbocycles. The molecule has 1 aromatic rings. The molecular formula is C29H33FN4O2. The largest absolute Gasteiger partial charge is 0.481 e. The first-order valence-electron chi connectivity index (χ1n) is 13.1. The molecule has 0 aromatic heterocycles. The van der Waals surface area contributed by atoms with Gasteiger partial charge in [-0.3, -0.25) is 15.1 Å². The minimum atomic E-state index is -0.670. The third-order valence-corrected chi connectivity index (χ3v) is 8.70. The third kappa shape index (κ3) is 3.99. The Morgan fingerprint density at radius 1 is 1.22 bits per heavy atom. The van der Waals surface area contributed by atoms with Crippen LogP contribution in [0, 0.1) is 17.7 Å². The molecule has 6 rings (SSSR count). The van der Waals surface area contributed by atoms with Crippen molar-refractivity contribution in [1.29, 1.82) is 0 Å². The van der Waals surface area contributed by atoms with Crippen molar-refractivity contribution in [2.45, 2.75) is 45.1 Å². The fraction of sp³-hybridized carbons (Fsp3) is 0.448. The van der Waals surface area contributed by atoms with Gasteiger partial charge in [-0.2, -0.15) is 5.10 Å². The lowest BCUT2D eigenvalue weighted by Gasteiger charge is -2.40. The predicted octanol–water partition coefficient (Wildman–Crippen LogP) is 4.61. The van der Waals surface area contributed by atoms with Gasteiger partial charge in [-0.15, -0.1) is 0 Å². The molecule has 0 bridgehead atoms. The van der Waals surface area contributed by atoms with Gasteiger partial charge in [0.1, 0.15) is 5.82 Å². The van der Waals surface area contributed by atoms with Crippen molar-refractivity contribution in [3.05, 3.63) is 69.8 Å². The van der Waals surface area contributed by atoms with Gasteiger partial charge in [-0.05, 0) is 72.9 Å². The molecule has 2 N–H and O–H groups in total. The fourth-order valence-corrected chi connectivity index (χ4v) is 6.59. The van der Waals surface area contributed by atoms with Crippen LogP contribution in [0.2, 0.25) is 0 Å². The molecule has 1 saturated carbocycles. The average Bonchev–Trinajstić information content (AvgIpc) is 3.22. The number of hydrazone groups is 1. The number of allylic oxidation sites excluding steroid dienone is 2. The minimum absolute atomic E-state index is 0.230. The molecule has 1 atom stereocenters. The van der Waals surface area contributed by atoms with E-state index in [1.165, 1.54) is 11.1 Å². The van der Waals surface area contributed by atoms with Crippen LogP contribution in [0.3, 0.4) is 0 Å². The van der Waals surface area contributed by atoms with Gasteiger partial charge in [0.05, 0.1) is 17.3 Å². The van der Waals surface area contributed by atoms with Crippen LogP contribution in [0.25, 0.3) is 11.6 Å². The number of carboxylic acids is 1. The molecule has 1 fully saturated rings. The molecule has 1 unspecified atom stereocenters. The molecule has 0 saturated heterocycles. The van der Waals surface area contributed by atoms with Crippen molar-refractivity contribution >= 4 is 23.3 Å². The van der Waals surface area contributed by atoms with Crippen molar-refractivity contribution in [2.75, 3.05) is 26.7 Å². The summed E-state index contributed by atoms with van der Waals surface area (Å²) in [5.74, 6) is -0.854. The Morgan fingerprint density at radius 2 is 2.03 bits per heavy atom. The summed E-state index contributed by atoms with van der Waals surface area (Å²) in [6, 6.07) is 3.74. The Hall–Kier alpha value is -3.19. The molecule has 36 heavy (non-hydrogen) atoms. The number of nitrogens with one attached hydrogen (secondary N) is 1. The van der Waals surface area contributed by atoms with Crippen LogP contribution < -0.4 is 5.43 Å². The Kier molecular flexibility index (Phi) is 5.83. The van der Waals surface area contributed by atoms with Crippen molar-refractivity contribution in [2.24, 2.45) is 16.9 Å². The van der Waals surface area contributed by atoms with Gasteiger partial charge < -0.3 is 10.0 Å². The number of aliphatic carboxylic acids is 1. The third-order valence-electron chi connectivity index (χ3n) is 8.70. The first-order valence-corrected chi connectivity index (χ1v) is 13.1. The van der Waals surface area contributed by atoms with Crippen LogP contribution in [0.5, 0.6) is 0 Å². The predicted molar refractivity (Wildman–Crippen MR) is 140 cm³/mol. The van der Waals surface area contributed by atoms with Gasteiger partial charge in [0, 0.05) is 55.6 Å². The van der Waals surface area contributed by atoms with E-state index in [2.05, 4.69) is 34.5 Å². The van der Waals surface area contributed by atoms with E-state index in [0.29, 0.717) is 12.0 Å². The monoisotopic (exact) mass is 488 g/mol. The van der Waals surface area contributed by atoms with E-state index in [9.17, 15) is 14.3 Å². The van der Waals surface area contributed by atoms with Crippen molar-refractivity contribution < 1.29 is 14.3 Å². The second kappa shape index (κ2) is 9.04. The van der Waals surface area contributed by atoms with E-state index in [-0.39, 0.29) is 11.7 Å². The van der Waals surface area contributed by atoms with E-state index in [1.807, 2.05) is 19.1 Å². The van der Waals surface area contributed by atoms with Crippen LogP contribution in [0.15, 0.2) is 52.4 Å². The highest BCUT2D eigenvalue weighted by molar-refractivity contribution is 6.20. The summed E-state index contributed by atoms with van der Waals surface area (Å²) in [7, 11) is 2.07. The maximum atomic E-state index is 14.5. The van der Waals surface area contributed by atoms with E-state index >= 15 is 0 Å². The molecule has 3 heterocycles. The standard InChI is InChI=1S/C29H33FN4O2/c1-17(29(35)36)18-3-6-22(7-4-18)34-11-9-19(10-12-34)24-15-33(2)16-25-23-14-21(30)13-20-5-8-26(27(20)23)31-32-28(24)25/h5,8-9,13-14,16-18,22,32H,3-4,6-7,10-12,15H2,1-2H3,(H,35,36)/t17?,18-,22+. The van der Waals surface area contributed by atoms with E-state index < -0.39 is 5.97 Å².